The molecule has 3 heterocycles. The standard InChI is InChI=1S/C23H17F2N5OS/c1-14-10-11-26-19(12-14)30-21(31)15-6-2-3-7-16(15)28-23(30)32-13-20-27-17-8-4-5-9-18(17)29(20)22(24)25/h2-12,22H,13H2,1H3. The van der Waals surface area contributed by atoms with E-state index in [-0.39, 0.29) is 17.1 Å². The zero-order valence-electron chi connectivity index (χ0n) is 16.9. The van der Waals surface area contributed by atoms with E-state index in [1.165, 1.54) is 16.3 Å². The third-order valence-corrected chi connectivity index (χ3v) is 6.00. The molecule has 0 atom stereocenters. The van der Waals surface area contributed by atoms with E-state index in [2.05, 4.69) is 15.0 Å². The highest BCUT2D eigenvalue weighted by molar-refractivity contribution is 7.98. The van der Waals surface area contributed by atoms with Crippen LogP contribution in [0.1, 0.15) is 17.9 Å². The van der Waals surface area contributed by atoms with Crippen molar-refractivity contribution < 1.29 is 8.78 Å². The lowest BCUT2D eigenvalue weighted by Gasteiger charge is -2.13. The van der Waals surface area contributed by atoms with Crippen LogP contribution in [0.15, 0.2) is 76.8 Å². The molecule has 0 saturated heterocycles. The summed E-state index contributed by atoms with van der Waals surface area (Å²) >= 11 is 1.17. The molecule has 0 fully saturated rings. The number of nitrogens with zero attached hydrogens (tertiary/aromatic N) is 5. The van der Waals surface area contributed by atoms with E-state index in [1.54, 1.807) is 60.8 Å². The van der Waals surface area contributed by atoms with Crippen LogP contribution >= 0.6 is 11.8 Å². The molecule has 0 saturated carbocycles. The zero-order valence-corrected chi connectivity index (χ0v) is 17.8. The molecular formula is C23H17F2N5OS. The second-order valence-corrected chi connectivity index (χ2v) is 8.14. The molecule has 9 heteroatoms. The summed E-state index contributed by atoms with van der Waals surface area (Å²) in [4.78, 5) is 26.7. The molecule has 160 valence electrons. The predicted octanol–water partition coefficient (Wildman–Crippen LogP) is 5.13. The molecule has 0 bridgehead atoms. The Hall–Kier alpha value is -3.59. The summed E-state index contributed by atoms with van der Waals surface area (Å²) in [6, 6.07) is 17.4. The first-order chi connectivity index (χ1) is 15.5. The Morgan fingerprint density at radius 3 is 2.53 bits per heavy atom. The Labute approximate surface area is 185 Å². The maximum Gasteiger partial charge on any atom is 0.320 e. The molecule has 0 spiro atoms. The lowest BCUT2D eigenvalue weighted by atomic mass is 10.2. The molecule has 2 aromatic carbocycles. The van der Waals surface area contributed by atoms with Gasteiger partial charge in [0.25, 0.3) is 5.56 Å². The summed E-state index contributed by atoms with van der Waals surface area (Å²) in [6.07, 6.45) is 1.62. The normalized spacial score (nSPS) is 11.6. The van der Waals surface area contributed by atoms with Gasteiger partial charge in [-0.2, -0.15) is 8.78 Å². The minimum absolute atomic E-state index is 0.107. The van der Waals surface area contributed by atoms with Gasteiger partial charge in [-0.1, -0.05) is 36.0 Å². The number of hydrogen-bond acceptors (Lipinski definition) is 5. The number of rotatable bonds is 5. The zero-order chi connectivity index (χ0) is 22.2. The maximum atomic E-state index is 13.8. The van der Waals surface area contributed by atoms with Crippen molar-refractivity contribution in [2.45, 2.75) is 24.4 Å². The monoisotopic (exact) mass is 449 g/mol. The molecule has 0 N–H and O–H groups in total. The number of imidazole rings is 1. The van der Waals surface area contributed by atoms with Gasteiger partial charge in [0.2, 0.25) is 0 Å². The molecule has 0 aliphatic carbocycles. The van der Waals surface area contributed by atoms with Crippen LogP contribution in [0.4, 0.5) is 8.78 Å². The molecule has 5 rings (SSSR count). The number of fused-ring (bicyclic) bond motifs is 2. The number of para-hydroxylation sites is 3. The van der Waals surface area contributed by atoms with Crippen LogP contribution in [-0.2, 0) is 5.75 Å². The van der Waals surface area contributed by atoms with E-state index < -0.39 is 6.55 Å². The third kappa shape index (κ3) is 3.54. The van der Waals surface area contributed by atoms with Crippen molar-refractivity contribution in [3.05, 3.63) is 88.6 Å². The molecule has 0 aliphatic heterocycles. The highest BCUT2D eigenvalue weighted by Gasteiger charge is 2.20. The van der Waals surface area contributed by atoms with Crippen LogP contribution in [0.5, 0.6) is 0 Å². The molecule has 0 aliphatic rings. The van der Waals surface area contributed by atoms with Crippen LogP contribution in [-0.4, -0.2) is 24.1 Å². The van der Waals surface area contributed by atoms with Gasteiger partial charge < -0.3 is 0 Å². The minimum Gasteiger partial charge on any atom is -0.269 e. The number of pyridine rings is 1. The van der Waals surface area contributed by atoms with E-state index in [1.807, 2.05) is 13.0 Å². The predicted molar refractivity (Wildman–Crippen MR) is 120 cm³/mol. The second-order valence-electron chi connectivity index (χ2n) is 7.20. The average molecular weight is 449 g/mol. The summed E-state index contributed by atoms with van der Waals surface area (Å²) in [5.41, 5.74) is 2.06. The third-order valence-electron chi connectivity index (χ3n) is 5.07. The molecule has 3 aromatic heterocycles. The molecule has 0 unspecified atom stereocenters. The van der Waals surface area contributed by atoms with E-state index in [4.69, 9.17) is 0 Å². The van der Waals surface area contributed by atoms with Crippen LogP contribution in [0, 0.1) is 6.92 Å². The van der Waals surface area contributed by atoms with E-state index in [0.717, 1.165) is 10.1 Å². The molecular weight excluding hydrogens is 432 g/mol. The van der Waals surface area contributed by atoms with Gasteiger partial charge in [-0.05, 0) is 48.9 Å². The fraction of sp³-hybridized carbons (Fsp3) is 0.130. The Morgan fingerprint density at radius 1 is 1.00 bits per heavy atom. The van der Waals surface area contributed by atoms with Gasteiger partial charge in [0, 0.05) is 6.20 Å². The number of thioether (sulfide) groups is 1. The van der Waals surface area contributed by atoms with E-state index in [0.29, 0.717) is 32.9 Å². The Kier molecular flexibility index (Phi) is 5.18. The first-order valence-corrected chi connectivity index (χ1v) is 10.8. The van der Waals surface area contributed by atoms with Crippen molar-refractivity contribution >= 4 is 33.7 Å². The van der Waals surface area contributed by atoms with Gasteiger partial charge in [-0.25, -0.2) is 19.5 Å². The summed E-state index contributed by atoms with van der Waals surface area (Å²) in [5.74, 6) is 0.741. The summed E-state index contributed by atoms with van der Waals surface area (Å²) in [6.45, 7) is -0.828. The largest absolute Gasteiger partial charge is 0.320 e. The molecule has 0 amide bonds. The summed E-state index contributed by atoms with van der Waals surface area (Å²) in [7, 11) is 0. The van der Waals surface area contributed by atoms with Gasteiger partial charge in [0.05, 0.1) is 27.7 Å². The second kappa shape index (κ2) is 8.16. The number of hydrogen-bond donors (Lipinski definition) is 0. The van der Waals surface area contributed by atoms with Crippen LogP contribution < -0.4 is 5.56 Å². The van der Waals surface area contributed by atoms with Crippen LogP contribution in [0.25, 0.3) is 27.8 Å². The van der Waals surface area contributed by atoms with Crippen molar-refractivity contribution in [3.8, 4) is 5.82 Å². The molecule has 6 nitrogen and oxygen atoms in total. The molecule has 5 aromatic rings. The quantitative estimate of drug-likeness (QED) is 0.275. The number of aromatic nitrogens is 5. The lowest BCUT2D eigenvalue weighted by molar-refractivity contribution is 0.0722. The van der Waals surface area contributed by atoms with Gasteiger partial charge in [0.1, 0.15) is 11.6 Å². The maximum absolute atomic E-state index is 13.8. The van der Waals surface area contributed by atoms with E-state index in [9.17, 15) is 13.6 Å². The molecule has 32 heavy (non-hydrogen) atoms. The number of aryl methyl sites for hydroxylation is 1. The van der Waals surface area contributed by atoms with Gasteiger partial charge in [0.15, 0.2) is 5.16 Å². The SMILES string of the molecule is Cc1ccnc(-n2c(SCc3nc4ccccc4n3C(F)F)nc3ccccc3c2=O)c1. The van der Waals surface area contributed by atoms with Crippen molar-refractivity contribution in [1.82, 2.24) is 24.1 Å². The Bertz CT molecular complexity index is 1510. The average Bonchev–Trinajstić information content (AvgIpc) is 3.16. The highest BCUT2D eigenvalue weighted by atomic mass is 32.2. The highest BCUT2D eigenvalue weighted by Crippen LogP contribution is 2.29. The fourth-order valence-electron chi connectivity index (χ4n) is 3.60. The van der Waals surface area contributed by atoms with E-state index >= 15 is 0 Å². The smallest absolute Gasteiger partial charge is 0.269 e. The Morgan fingerprint density at radius 2 is 1.75 bits per heavy atom. The minimum atomic E-state index is -2.73. The topological polar surface area (TPSA) is 65.6 Å². The first kappa shape index (κ1) is 20.3. The fourth-order valence-corrected chi connectivity index (χ4v) is 4.53. The van der Waals surface area contributed by atoms with Crippen LogP contribution in [0.3, 0.4) is 0 Å². The number of benzene rings is 2. The van der Waals surface area contributed by atoms with Crippen molar-refractivity contribution in [3.63, 3.8) is 0 Å². The van der Waals surface area contributed by atoms with Gasteiger partial charge >= 0.3 is 6.55 Å². The Balaban J connectivity index is 1.64. The summed E-state index contributed by atoms with van der Waals surface area (Å²) in [5, 5.41) is 0.819. The van der Waals surface area contributed by atoms with Crippen molar-refractivity contribution in [2.75, 3.05) is 0 Å². The van der Waals surface area contributed by atoms with Crippen molar-refractivity contribution in [1.29, 1.82) is 0 Å². The van der Waals surface area contributed by atoms with Gasteiger partial charge in [-0.15, -0.1) is 0 Å². The molecule has 0 radical (unpaired) electrons. The first-order valence-electron chi connectivity index (χ1n) is 9.84. The lowest BCUT2D eigenvalue weighted by Crippen LogP contribution is -2.22. The summed E-state index contributed by atoms with van der Waals surface area (Å²) < 4.78 is 30.0. The van der Waals surface area contributed by atoms with Crippen molar-refractivity contribution in [2.24, 2.45) is 0 Å². The van der Waals surface area contributed by atoms with Crippen LogP contribution in [0.2, 0.25) is 0 Å². The number of alkyl halides is 2. The number of halogens is 2. The van der Waals surface area contributed by atoms with Gasteiger partial charge in [-0.3, -0.25) is 9.36 Å².